The number of amides is 1. The monoisotopic (exact) mass is 452 g/mol. The van der Waals surface area contributed by atoms with Crippen LogP contribution in [0.25, 0.3) is 5.69 Å². The van der Waals surface area contributed by atoms with Crippen LogP contribution in [0.2, 0.25) is 0 Å². The van der Waals surface area contributed by atoms with Crippen LogP contribution in [0.4, 0.5) is 22.0 Å². The van der Waals surface area contributed by atoms with Crippen molar-refractivity contribution in [3.8, 4) is 5.69 Å². The zero-order valence-corrected chi connectivity index (χ0v) is 16.6. The maximum atomic E-state index is 13.5. The molecule has 0 N–H and O–H groups in total. The molecular weight excluding hydrogens is 435 g/mol. The number of nitrogens with zero attached hydrogens (tertiary/aromatic N) is 6. The highest BCUT2D eigenvalue weighted by Crippen LogP contribution is 2.32. The van der Waals surface area contributed by atoms with Gasteiger partial charge in [0.2, 0.25) is 0 Å². The molecular formula is C20H17F5N6O. The number of hydrogen-bond donors (Lipinski definition) is 0. The zero-order valence-electron chi connectivity index (χ0n) is 16.6. The van der Waals surface area contributed by atoms with Crippen molar-refractivity contribution in [2.45, 2.75) is 12.7 Å². The number of aromatic nitrogens is 4. The second-order valence-electron chi connectivity index (χ2n) is 7.22. The second kappa shape index (κ2) is 8.61. The van der Waals surface area contributed by atoms with Crippen LogP contribution in [0.5, 0.6) is 0 Å². The van der Waals surface area contributed by atoms with Gasteiger partial charge in [0.05, 0.1) is 23.4 Å². The summed E-state index contributed by atoms with van der Waals surface area (Å²) in [5, 5.41) is 11.3. The van der Waals surface area contributed by atoms with E-state index in [2.05, 4.69) is 15.5 Å². The van der Waals surface area contributed by atoms with Gasteiger partial charge >= 0.3 is 6.18 Å². The normalized spacial score (nSPS) is 15.2. The van der Waals surface area contributed by atoms with Crippen molar-refractivity contribution < 1.29 is 26.7 Å². The molecule has 0 radical (unpaired) electrons. The average Bonchev–Trinajstić information content (AvgIpc) is 3.23. The summed E-state index contributed by atoms with van der Waals surface area (Å²) in [5.74, 6) is -2.33. The maximum absolute atomic E-state index is 13.5. The topological polar surface area (TPSA) is 67.2 Å². The molecule has 12 heteroatoms. The third-order valence-corrected chi connectivity index (χ3v) is 5.17. The van der Waals surface area contributed by atoms with Gasteiger partial charge in [-0.2, -0.15) is 17.9 Å². The minimum atomic E-state index is -4.62. The molecule has 3 aromatic rings. The Morgan fingerprint density at radius 3 is 2.38 bits per heavy atom. The number of piperazine rings is 1. The molecule has 7 nitrogen and oxygen atoms in total. The van der Waals surface area contributed by atoms with Crippen LogP contribution in [-0.4, -0.2) is 62.1 Å². The van der Waals surface area contributed by atoms with Gasteiger partial charge in [0.1, 0.15) is 0 Å². The molecule has 4 rings (SSSR count). The van der Waals surface area contributed by atoms with Crippen molar-refractivity contribution in [1.82, 2.24) is 30.0 Å². The number of halogens is 5. The predicted molar refractivity (Wildman–Crippen MR) is 102 cm³/mol. The summed E-state index contributed by atoms with van der Waals surface area (Å²) in [6, 6.07) is 8.00. The highest BCUT2D eigenvalue weighted by Gasteiger charge is 2.36. The number of rotatable bonds is 4. The molecule has 2 aromatic carbocycles. The smallest absolute Gasteiger partial charge is 0.336 e. The summed E-state index contributed by atoms with van der Waals surface area (Å²) in [6.07, 6.45) is -4.62. The molecule has 1 aromatic heterocycles. The fourth-order valence-corrected chi connectivity index (χ4v) is 3.52. The van der Waals surface area contributed by atoms with E-state index in [0.29, 0.717) is 18.9 Å². The van der Waals surface area contributed by atoms with Crippen LogP contribution in [0, 0.1) is 11.6 Å². The molecule has 1 fully saturated rings. The van der Waals surface area contributed by atoms with Crippen molar-refractivity contribution in [2.75, 3.05) is 26.2 Å². The van der Waals surface area contributed by atoms with Gasteiger partial charge in [0.15, 0.2) is 17.5 Å². The predicted octanol–water partition coefficient (Wildman–Crippen LogP) is 2.92. The van der Waals surface area contributed by atoms with Crippen molar-refractivity contribution >= 4 is 5.91 Å². The molecule has 1 saturated heterocycles. The average molecular weight is 452 g/mol. The van der Waals surface area contributed by atoms with Gasteiger partial charge in [-0.1, -0.05) is 12.1 Å². The lowest BCUT2D eigenvalue weighted by atomic mass is 10.1. The van der Waals surface area contributed by atoms with Gasteiger partial charge in [0, 0.05) is 32.2 Å². The molecule has 168 valence electrons. The Morgan fingerprint density at radius 1 is 0.969 bits per heavy atom. The Hall–Kier alpha value is -3.41. The van der Waals surface area contributed by atoms with Crippen LogP contribution in [-0.2, 0) is 12.7 Å². The zero-order chi connectivity index (χ0) is 22.9. The van der Waals surface area contributed by atoms with E-state index in [1.54, 1.807) is 0 Å². The Kier molecular flexibility index (Phi) is 5.87. The summed E-state index contributed by atoms with van der Waals surface area (Å²) in [6.45, 7) is 1.46. The minimum absolute atomic E-state index is 0.220. The van der Waals surface area contributed by atoms with Crippen LogP contribution in [0.3, 0.4) is 0 Å². The standard InChI is InChI=1S/C20H17F5N6O/c21-16-6-5-13(11-17(16)22)31-18(26-27-28-31)12-29-7-9-30(10-8-29)19(32)14-3-1-2-4-15(14)20(23,24)25/h1-6,11H,7-10,12H2. The summed E-state index contributed by atoms with van der Waals surface area (Å²) in [5.41, 5.74) is -1.09. The summed E-state index contributed by atoms with van der Waals surface area (Å²) in [7, 11) is 0. The van der Waals surface area contributed by atoms with E-state index in [0.717, 1.165) is 18.2 Å². The Labute approximate surface area is 179 Å². The van der Waals surface area contributed by atoms with Crippen molar-refractivity contribution in [1.29, 1.82) is 0 Å². The first kappa shape index (κ1) is 21.8. The lowest BCUT2D eigenvalue weighted by Crippen LogP contribution is -2.48. The highest BCUT2D eigenvalue weighted by atomic mass is 19.4. The Balaban J connectivity index is 1.42. The van der Waals surface area contributed by atoms with Gasteiger partial charge in [-0.15, -0.1) is 5.10 Å². The molecule has 0 saturated carbocycles. The maximum Gasteiger partial charge on any atom is 0.417 e. The molecule has 1 aliphatic rings. The number of hydrogen-bond acceptors (Lipinski definition) is 5. The first-order valence-electron chi connectivity index (χ1n) is 9.64. The van der Waals surface area contributed by atoms with Crippen molar-refractivity contribution in [2.24, 2.45) is 0 Å². The van der Waals surface area contributed by atoms with E-state index >= 15 is 0 Å². The molecule has 0 bridgehead atoms. The fraction of sp³-hybridized carbons (Fsp3) is 0.300. The second-order valence-corrected chi connectivity index (χ2v) is 7.22. The molecule has 1 amide bonds. The fourth-order valence-electron chi connectivity index (χ4n) is 3.52. The molecule has 0 unspecified atom stereocenters. The molecule has 0 aliphatic carbocycles. The highest BCUT2D eigenvalue weighted by molar-refractivity contribution is 5.96. The van der Waals surface area contributed by atoms with Crippen molar-refractivity contribution in [3.05, 3.63) is 71.1 Å². The third kappa shape index (κ3) is 4.44. The van der Waals surface area contributed by atoms with Gasteiger partial charge in [-0.25, -0.2) is 8.78 Å². The van der Waals surface area contributed by atoms with E-state index < -0.39 is 29.3 Å². The first-order valence-corrected chi connectivity index (χ1v) is 9.64. The summed E-state index contributed by atoms with van der Waals surface area (Å²) in [4.78, 5) is 16.0. The molecule has 0 atom stereocenters. The number of benzene rings is 2. The first-order chi connectivity index (χ1) is 15.2. The van der Waals surface area contributed by atoms with E-state index in [9.17, 15) is 26.7 Å². The molecule has 0 spiro atoms. The Bertz CT molecular complexity index is 1120. The van der Waals surface area contributed by atoms with Crippen LogP contribution in [0.1, 0.15) is 21.7 Å². The number of carbonyl (C=O) groups is 1. The van der Waals surface area contributed by atoms with E-state index in [1.165, 1.54) is 33.8 Å². The number of carbonyl (C=O) groups excluding carboxylic acids is 1. The number of tetrazole rings is 1. The van der Waals surface area contributed by atoms with Gasteiger partial charge < -0.3 is 4.90 Å². The van der Waals surface area contributed by atoms with Gasteiger partial charge in [0.25, 0.3) is 5.91 Å². The summed E-state index contributed by atoms with van der Waals surface area (Å²) < 4.78 is 67.7. The Morgan fingerprint density at radius 2 is 1.69 bits per heavy atom. The van der Waals surface area contributed by atoms with Crippen LogP contribution in [0.15, 0.2) is 42.5 Å². The molecule has 32 heavy (non-hydrogen) atoms. The van der Waals surface area contributed by atoms with E-state index in [-0.39, 0.29) is 30.9 Å². The molecule has 1 aliphatic heterocycles. The minimum Gasteiger partial charge on any atom is -0.336 e. The van der Waals surface area contributed by atoms with E-state index in [4.69, 9.17) is 0 Å². The SMILES string of the molecule is O=C(c1ccccc1C(F)(F)F)N1CCN(Cc2nnnn2-c2ccc(F)c(F)c2)CC1. The quantitative estimate of drug-likeness (QED) is 0.570. The van der Waals surface area contributed by atoms with E-state index in [1.807, 2.05) is 4.90 Å². The molecule has 2 heterocycles. The number of alkyl halides is 3. The van der Waals surface area contributed by atoms with Gasteiger partial charge in [-0.3, -0.25) is 9.69 Å². The largest absolute Gasteiger partial charge is 0.417 e. The van der Waals surface area contributed by atoms with Crippen LogP contribution < -0.4 is 0 Å². The van der Waals surface area contributed by atoms with Crippen LogP contribution >= 0.6 is 0 Å². The lowest BCUT2D eigenvalue weighted by Gasteiger charge is -2.34. The third-order valence-electron chi connectivity index (χ3n) is 5.17. The lowest BCUT2D eigenvalue weighted by molar-refractivity contribution is -0.138. The summed E-state index contributed by atoms with van der Waals surface area (Å²) >= 11 is 0. The van der Waals surface area contributed by atoms with Crippen molar-refractivity contribution in [3.63, 3.8) is 0 Å². The van der Waals surface area contributed by atoms with Gasteiger partial charge in [-0.05, 0) is 34.7 Å².